The SMILES string of the molecule is CO[C@@H](C(=O)NC1CSc2ccccc2NC1=O)[C@@H]1OC(C)(C)O[C@H](/C=C/C(C)(C)C)[C@@H]1O. The Balaban J connectivity index is 1.74. The molecule has 1 fully saturated rings. The predicted octanol–water partition coefficient (Wildman–Crippen LogP) is 2.71. The summed E-state index contributed by atoms with van der Waals surface area (Å²) < 4.78 is 17.3. The molecule has 0 saturated carbocycles. The van der Waals surface area contributed by atoms with E-state index in [1.54, 1.807) is 19.9 Å². The number of aliphatic hydroxyl groups excluding tert-OH is 1. The normalized spacial score (nSPS) is 28.5. The van der Waals surface area contributed by atoms with Crippen LogP contribution < -0.4 is 10.6 Å². The van der Waals surface area contributed by atoms with Crippen LogP contribution in [0, 0.1) is 5.41 Å². The molecule has 0 spiro atoms. The Bertz CT molecular complexity index is 897. The van der Waals surface area contributed by atoms with Gasteiger partial charge in [-0.2, -0.15) is 0 Å². The smallest absolute Gasteiger partial charge is 0.252 e. The van der Waals surface area contributed by atoms with Crippen LogP contribution in [0.15, 0.2) is 41.3 Å². The van der Waals surface area contributed by atoms with Gasteiger partial charge in [0.25, 0.3) is 5.91 Å². The molecule has 8 nitrogen and oxygen atoms in total. The number of allylic oxidation sites excluding steroid dienone is 1. The molecule has 0 aromatic heterocycles. The lowest BCUT2D eigenvalue weighted by Crippen LogP contribution is -2.62. The second-order valence-electron chi connectivity index (χ2n) is 9.79. The molecule has 1 aromatic carbocycles. The Kier molecular flexibility index (Phi) is 7.91. The van der Waals surface area contributed by atoms with Crippen LogP contribution in [0.3, 0.4) is 0 Å². The Morgan fingerprint density at radius 3 is 2.70 bits per heavy atom. The van der Waals surface area contributed by atoms with Gasteiger partial charge in [-0.1, -0.05) is 45.1 Å². The maximum absolute atomic E-state index is 13.2. The topological polar surface area (TPSA) is 106 Å². The lowest BCUT2D eigenvalue weighted by Gasteiger charge is -2.45. The van der Waals surface area contributed by atoms with Gasteiger partial charge < -0.3 is 30.0 Å². The number of rotatable bonds is 5. The van der Waals surface area contributed by atoms with Gasteiger partial charge in [0.15, 0.2) is 11.9 Å². The third-order valence-electron chi connectivity index (χ3n) is 5.29. The fraction of sp³-hybridized carbons (Fsp3) is 0.583. The first kappa shape index (κ1) is 25.7. The van der Waals surface area contributed by atoms with E-state index in [1.165, 1.54) is 18.9 Å². The average Bonchev–Trinajstić information content (AvgIpc) is 2.87. The largest absolute Gasteiger partial charge is 0.387 e. The maximum atomic E-state index is 13.2. The summed E-state index contributed by atoms with van der Waals surface area (Å²) in [6.07, 6.45) is -0.224. The van der Waals surface area contributed by atoms with Crippen LogP contribution in [0.4, 0.5) is 5.69 Å². The minimum Gasteiger partial charge on any atom is -0.387 e. The van der Waals surface area contributed by atoms with E-state index in [2.05, 4.69) is 10.6 Å². The zero-order valence-corrected chi connectivity index (χ0v) is 20.8. The van der Waals surface area contributed by atoms with Gasteiger partial charge in [0.1, 0.15) is 24.4 Å². The molecule has 1 aromatic rings. The highest BCUT2D eigenvalue weighted by Gasteiger charge is 2.48. The van der Waals surface area contributed by atoms with Crippen LogP contribution in [0.25, 0.3) is 0 Å². The number of hydrogen-bond acceptors (Lipinski definition) is 7. The Labute approximate surface area is 199 Å². The van der Waals surface area contributed by atoms with E-state index in [4.69, 9.17) is 14.2 Å². The van der Waals surface area contributed by atoms with Gasteiger partial charge in [-0.3, -0.25) is 9.59 Å². The van der Waals surface area contributed by atoms with Gasteiger partial charge in [0.2, 0.25) is 5.91 Å². The van der Waals surface area contributed by atoms with Gasteiger partial charge >= 0.3 is 0 Å². The zero-order chi connectivity index (χ0) is 24.4. The molecule has 2 heterocycles. The first-order chi connectivity index (χ1) is 15.4. The van der Waals surface area contributed by atoms with Crippen molar-refractivity contribution in [2.45, 2.75) is 75.8 Å². The molecule has 3 N–H and O–H groups in total. The van der Waals surface area contributed by atoms with Gasteiger partial charge in [-0.05, 0) is 31.4 Å². The third kappa shape index (κ3) is 6.58. The molecular weight excluding hydrogens is 444 g/mol. The highest BCUT2D eigenvalue weighted by atomic mass is 32.2. The van der Waals surface area contributed by atoms with E-state index in [1.807, 2.05) is 51.1 Å². The number of nitrogens with one attached hydrogen (secondary N) is 2. The van der Waals surface area contributed by atoms with Crippen molar-refractivity contribution in [2.75, 3.05) is 18.2 Å². The number of thioether (sulfide) groups is 1. The average molecular weight is 479 g/mol. The van der Waals surface area contributed by atoms with Gasteiger partial charge in [0, 0.05) is 17.8 Å². The molecule has 1 unspecified atom stereocenters. The second kappa shape index (κ2) is 10.1. The maximum Gasteiger partial charge on any atom is 0.252 e. The summed E-state index contributed by atoms with van der Waals surface area (Å²) in [5.41, 5.74) is 0.604. The van der Waals surface area contributed by atoms with Gasteiger partial charge in [-0.15, -0.1) is 11.8 Å². The van der Waals surface area contributed by atoms with E-state index in [0.717, 1.165) is 4.90 Å². The number of hydrogen-bond donors (Lipinski definition) is 3. The molecular formula is C24H34N2O6S. The molecule has 0 bridgehead atoms. The van der Waals surface area contributed by atoms with Crippen LogP contribution >= 0.6 is 11.8 Å². The first-order valence-corrected chi connectivity index (χ1v) is 12.0. The first-order valence-electron chi connectivity index (χ1n) is 11.0. The Hall–Kier alpha value is -1.91. The quantitative estimate of drug-likeness (QED) is 0.559. The van der Waals surface area contributed by atoms with E-state index < -0.39 is 42.2 Å². The van der Waals surface area contributed by atoms with Crippen molar-refractivity contribution in [3.8, 4) is 0 Å². The number of carbonyl (C=O) groups is 2. The van der Waals surface area contributed by atoms with Crippen LogP contribution in [0.1, 0.15) is 34.6 Å². The molecule has 2 aliphatic rings. The summed E-state index contributed by atoms with van der Waals surface area (Å²) in [5, 5.41) is 16.6. The standard InChI is InChI=1S/C24H34N2O6S/c1-23(2,3)12-11-16-18(27)19(32-24(4,5)31-16)20(30-6)22(29)26-15-13-33-17-10-8-7-9-14(17)25-21(15)28/h7-12,15-16,18-20,27H,13H2,1-6H3,(H,25,28)(H,26,29)/b12-11+/t15?,16-,18+,19-,20-/m1/s1. The van der Waals surface area contributed by atoms with Gasteiger partial charge in [0.05, 0.1) is 5.69 Å². The number of amides is 2. The number of methoxy groups -OCH3 is 1. The number of fused-ring (bicyclic) bond motifs is 1. The molecule has 3 rings (SSSR count). The van der Waals surface area contributed by atoms with Crippen LogP contribution in [0.5, 0.6) is 0 Å². The molecule has 9 heteroatoms. The van der Waals surface area contributed by atoms with Crippen molar-refractivity contribution in [1.29, 1.82) is 0 Å². The fourth-order valence-corrected chi connectivity index (χ4v) is 4.73. The molecule has 5 atom stereocenters. The van der Waals surface area contributed by atoms with Crippen molar-refractivity contribution in [2.24, 2.45) is 5.41 Å². The summed E-state index contributed by atoms with van der Waals surface area (Å²) in [7, 11) is 1.38. The van der Waals surface area contributed by atoms with E-state index in [9.17, 15) is 14.7 Å². The number of anilines is 1. The lowest BCUT2D eigenvalue weighted by atomic mass is 9.93. The minimum absolute atomic E-state index is 0.110. The lowest BCUT2D eigenvalue weighted by molar-refractivity contribution is -0.334. The molecule has 2 amide bonds. The molecule has 1 saturated heterocycles. The summed E-state index contributed by atoms with van der Waals surface area (Å²) in [4.78, 5) is 26.8. The van der Waals surface area contributed by atoms with Crippen LogP contribution in [0.2, 0.25) is 0 Å². The molecule has 2 aliphatic heterocycles. The third-order valence-corrected chi connectivity index (χ3v) is 6.46. The number of carbonyl (C=O) groups excluding carboxylic acids is 2. The Morgan fingerprint density at radius 1 is 1.33 bits per heavy atom. The van der Waals surface area contributed by atoms with E-state index >= 15 is 0 Å². The van der Waals surface area contributed by atoms with E-state index in [-0.39, 0.29) is 11.3 Å². The number of ether oxygens (including phenoxy) is 3. The summed E-state index contributed by atoms with van der Waals surface area (Å²) >= 11 is 1.48. The monoisotopic (exact) mass is 478 g/mol. The summed E-state index contributed by atoms with van der Waals surface area (Å²) in [6.45, 7) is 9.56. The van der Waals surface area contributed by atoms with E-state index in [0.29, 0.717) is 11.4 Å². The van der Waals surface area contributed by atoms with Crippen molar-refractivity contribution >= 4 is 29.3 Å². The van der Waals surface area contributed by atoms with Gasteiger partial charge in [-0.25, -0.2) is 0 Å². The van der Waals surface area contributed by atoms with Crippen molar-refractivity contribution in [3.05, 3.63) is 36.4 Å². The highest BCUT2D eigenvalue weighted by Crippen LogP contribution is 2.32. The zero-order valence-electron chi connectivity index (χ0n) is 20.0. The predicted molar refractivity (Wildman–Crippen MR) is 127 cm³/mol. The number of para-hydroxylation sites is 1. The summed E-state index contributed by atoms with van der Waals surface area (Å²) in [5.74, 6) is -1.53. The van der Waals surface area contributed by atoms with Crippen LogP contribution in [-0.4, -0.2) is 66.0 Å². The fourth-order valence-electron chi connectivity index (χ4n) is 3.70. The van der Waals surface area contributed by atoms with Crippen molar-refractivity contribution in [3.63, 3.8) is 0 Å². The minimum atomic E-state index is -1.14. The Morgan fingerprint density at radius 2 is 2.03 bits per heavy atom. The second-order valence-corrected chi connectivity index (χ2v) is 10.9. The molecule has 33 heavy (non-hydrogen) atoms. The molecule has 0 radical (unpaired) electrons. The number of aliphatic hydroxyl groups is 1. The highest BCUT2D eigenvalue weighted by molar-refractivity contribution is 7.99. The van der Waals surface area contributed by atoms with Crippen molar-refractivity contribution in [1.82, 2.24) is 5.32 Å². The van der Waals surface area contributed by atoms with Crippen molar-refractivity contribution < 1.29 is 28.9 Å². The number of benzene rings is 1. The molecule has 182 valence electrons. The molecule has 0 aliphatic carbocycles. The summed E-state index contributed by atoms with van der Waals surface area (Å²) in [6, 6.07) is 6.71. The van der Waals surface area contributed by atoms with Crippen LogP contribution in [-0.2, 0) is 23.8 Å².